The maximum absolute atomic E-state index is 11.7. The van der Waals surface area contributed by atoms with Gasteiger partial charge in [0.2, 0.25) is 5.91 Å². The molecule has 15 heavy (non-hydrogen) atoms. The number of hydrogen-bond donors (Lipinski definition) is 1. The van der Waals surface area contributed by atoms with Crippen LogP contribution in [0.3, 0.4) is 0 Å². The Morgan fingerprint density at radius 3 is 2.33 bits per heavy atom. The molecular weight excluding hydrogens is 192 g/mol. The van der Waals surface area contributed by atoms with Crippen LogP contribution >= 0.6 is 0 Å². The lowest BCUT2D eigenvalue weighted by Crippen LogP contribution is -2.42. The maximum Gasteiger partial charge on any atom is 0.236 e. The zero-order valence-electron chi connectivity index (χ0n) is 10.4. The Bertz CT molecular complexity index is 170. The minimum absolute atomic E-state index is 0.162. The second kappa shape index (κ2) is 8.68. The number of carbonyl (C=O) groups is 1. The van der Waals surface area contributed by atoms with Crippen molar-refractivity contribution >= 4 is 5.91 Å². The average Bonchev–Trinajstić information content (AvgIpc) is 2.25. The monoisotopic (exact) mass is 216 g/mol. The first kappa shape index (κ1) is 14.4. The molecule has 0 heterocycles. The lowest BCUT2D eigenvalue weighted by atomic mass is 10.2. The Labute approximate surface area is 93.0 Å². The predicted octanol–water partition coefficient (Wildman–Crippen LogP) is 0.869. The zero-order chi connectivity index (χ0) is 11.7. The Hall–Kier alpha value is -0.610. The summed E-state index contributed by atoms with van der Waals surface area (Å²) in [4.78, 5) is 13.5. The third-order valence-corrected chi connectivity index (χ3v) is 2.52. The first-order chi connectivity index (χ1) is 7.19. The third-order valence-electron chi connectivity index (χ3n) is 2.52. The molecule has 0 saturated carbocycles. The van der Waals surface area contributed by atoms with Crippen LogP contribution in [0.25, 0.3) is 0 Å². The van der Waals surface area contributed by atoms with Crippen LogP contribution in [0, 0.1) is 0 Å². The van der Waals surface area contributed by atoms with Gasteiger partial charge in [-0.2, -0.15) is 0 Å². The molecule has 1 unspecified atom stereocenters. The van der Waals surface area contributed by atoms with E-state index in [4.69, 9.17) is 4.74 Å². The topological polar surface area (TPSA) is 41.6 Å². The molecule has 0 aliphatic carbocycles. The van der Waals surface area contributed by atoms with Gasteiger partial charge in [0.1, 0.15) is 0 Å². The zero-order valence-corrected chi connectivity index (χ0v) is 10.4. The highest BCUT2D eigenvalue weighted by atomic mass is 16.5. The molecule has 0 fully saturated rings. The van der Waals surface area contributed by atoms with Crippen LogP contribution in [0.4, 0.5) is 0 Å². The Balaban J connectivity index is 3.85. The largest absolute Gasteiger partial charge is 0.383 e. The molecule has 0 radical (unpaired) electrons. The van der Waals surface area contributed by atoms with E-state index in [1.807, 2.05) is 18.7 Å². The number of rotatable bonds is 8. The van der Waals surface area contributed by atoms with Crippen LogP contribution in [0.2, 0.25) is 0 Å². The number of carbonyl (C=O) groups excluding carboxylic acids is 1. The van der Waals surface area contributed by atoms with E-state index in [-0.39, 0.29) is 11.9 Å². The van der Waals surface area contributed by atoms with Gasteiger partial charge < -0.3 is 15.0 Å². The SMILES string of the molecule is CCC(COC)NCC(=O)N(CC)CC. The first-order valence-corrected chi connectivity index (χ1v) is 5.69. The highest BCUT2D eigenvalue weighted by Gasteiger charge is 2.11. The highest BCUT2D eigenvalue weighted by molar-refractivity contribution is 5.78. The van der Waals surface area contributed by atoms with Crippen molar-refractivity contribution in [3.05, 3.63) is 0 Å². The van der Waals surface area contributed by atoms with Gasteiger partial charge in [0, 0.05) is 26.2 Å². The molecule has 4 nitrogen and oxygen atoms in total. The van der Waals surface area contributed by atoms with Gasteiger partial charge >= 0.3 is 0 Å². The molecule has 0 spiro atoms. The minimum Gasteiger partial charge on any atom is -0.383 e. The van der Waals surface area contributed by atoms with E-state index in [2.05, 4.69) is 12.2 Å². The summed E-state index contributed by atoms with van der Waals surface area (Å²) in [6.45, 7) is 8.68. The normalized spacial score (nSPS) is 12.5. The van der Waals surface area contributed by atoms with Crippen LogP contribution < -0.4 is 5.32 Å². The van der Waals surface area contributed by atoms with E-state index in [1.165, 1.54) is 0 Å². The molecule has 0 aliphatic heterocycles. The van der Waals surface area contributed by atoms with Crippen LogP contribution in [-0.2, 0) is 9.53 Å². The van der Waals surface area contributed by atoms with Gasteiger partial charge in [-0.15, -0.1) is 0 Å². The van der Waals surface area contributed by atoms with Crippen LogP contribution in [0.5, 0.6) is 0 Å². The summed E-state index contributed by atoms with van der Waals surface area (Å²) in [5.41, 5.74) is 0. The predicted molar refractivity (Wildman–Crippen MR) is 61.9 cm³/mol. The van der Waals surface area contributed by atoms with E-state index in [0.717, 1.165) is 19.5 Å². The first-order valence-electron chi connectivity index (χ1n) is 5.69. The molecule has 0 aromatic rings. The number of amides is 1. The van der Waals surface area contributed by atoms with E-state index in [0.29, 0.717) is 13.2 Å². The van der Waals surface area contributed by atoms with Crippen molar-refractivity contribution in [2.24, 2.45) is 0 Å². The van der Waals surface area contributed by atoms with Crippen molar-refractivity contribution in [3.63, 3.8) is 0 Å². The fraction of sp³-hybridized carbons (Fsp3) is 0.909. The second-order valence-corrected chi connectivity index (χ2v) is 3.51. The molecule has 0 aliphatic rings. The average molecular weight is 216 g/mol. The van der Waals surface area contributed by atoms with E-state index in [9.17, 15) is 4.79 Å². The van der Waals surface area contributed by atoms with E-state index in [1.54, 1.807) is 7.11 Å². The van der Waals surface area contributed by atoms with Gasteiger partial charge in [0.05, 0.1) is 13.2 Å². The van der Waals surface area contributed by atoms with Crippen molar-refractivity contribution in [2.45, 2.75) is 33.2 Å². The maximum atomic E-state index is 11.7. The van der Waals surface area contributed by atoms with E-state index < -0.39 is 0 Å². The molecule has 1 N–H and O–H groups in total. The summed E-state index contributed by atoms with van der Waals surface area (Å²) in [6.07, 6.45) is 0.972. The lowest BCUT2D eigenvalue weighted by Gasteiger charge is -2.21. The van der Waals surface area contributed by atoms with Crippen LogP contribution in [-0.4, -0.2) is 50.2 Å². The molecule has 90 valence electrons. The van der Waals surface area contributed by atoms with Crippen molar-refractivity contribution in [1.82, 2.24) is 10.2 Å². The number of ether oxygens (including phenoxy) is 1. The minimum atomic E-state index is 0.162. The Morgan fingerprint density at radius 2 is 1.93 bits per heavy atom. The van der Waals surface area contributed by atoms with Crippen LogP contribution in [0.15, 0.2) is 0 Å². The van der Waals surface area contributed by atoms with Gasteiger partial charge in [-0.3, -0.25) is 4.79 Å². The van der Waals surface area contributed by atoms with Crippen molar-refractivity contribution in [2.75, 3.05) is 33.4 Å². The summed E-state index contributed by atoms with van der Waals surface area (Å²) in [6, 6.07) is 0.273. The molecule has 4 heteroatoms. The van der Waals surface area contributed by atoms with Crippen molar-refractivity contribution in [1.29, 1.82) is 0 Å². The van der Waals surface area contributed by atoms with E-state index >= 15 is 0 Å². The lowest BCUT2D eigenvalue weighted by molar-refractivity contribution is -0.130. The fourth-order valence-corrected chi connectivity index (χ4v) is 1.44. The molecule has 0 bridgehead atoms. The molecule has 0 aromatic heterocycles. The van der Waals surface area contributed by atoms with Gasteiger partial charge in [-0.05, 0) is 20.3 Å². The Morgan fingerprint density at radius 1 is 1.33 bits per heavy atom. The standard InChI is InChI=1S/C11H24N2O2/c1-5-10(9-15-4)12-8-11(14)13(6-2)7-3/h10,12H,5-9H2,1-4H3. The third kappa shape index (κ3) is 5.74. The summed E-state index contributed by atoms with van der Waals surface area (Å²) >= 11 is 0. The summed E-state index contributed by atoms with van der Waals surface area (Å²) in [5, 5.41) is 3.20. The summed E-state index contributed by atoms with van der Waals surface area (Å²) in [5.74, 6) is 0.162. The number of methoxy groups -OCH3 is 1. The quantitative estimate of drug-likeness (QED) is 0.654. The van der Waals surface area contributed by atoms with Crippen LogP contribution in [0.1, 0.15) is 27.2 Å². The number of nitrogens with one attached hydrogen (secondary N) is 1. The Kier molecular flexibility index (Phi) is 8.33. The number of likely N-dealkylation sites (N-methyl/N-ethyl adjacent to an activating group) is 1. The van der Waals surface area contributed by atoms with Gasteiger partial charge in [-0.1, -0.05) is 6.92 Å². The smallest absolute Gasteiger partial charge is 0.236 e. The molecular formula is C11H24N2O2. The molecule has 1 amide bonds. The molecule has 1 atom stereocenters. The van der Waals surface area contributed by atoms with Crippen molar-refractivity contribution < 1.29 is 9.53 Å². The van der Waals surface area contributed by atoms with Gasteiger partial charge in [-0.25, -0.2) is 0 Å². The molecule has 0 aromatic carbocycles. The van der Waals surface area contributed by atoms with Gasteiger partial charge in [0.25, 0.3) is 0 Å². The van der Waals surface area contributed by atoms with Crippen molar-refractivity contribution in [3.8, 4) is 0 Å². The summed E-state index contributed by atoms with van der Waals surface area (Å²) in [7, 11) is 1.68. The summed E-state index contributed by atoms with van der Waals surface area (Å²) < 4.78 is 5.05. The second-order valence-electron chi connectivity index (χ2n) is 3.51. The number of nitrogens with zero attached hydrogens (tertiary/aromatic N) is 1. The number of hydrogen-bond acceptors (Lipinski definition) is 3. The highest BCUT2D eigenvalue weighted by Crippen LogP contribution is 1.93. The fourth-order valence-electron chi connectivity index (χ4n) is 1.44. The molecule has 0 rings (SSSR count). The molecule has 0 saturated heterocycles. The van der Waals surface area contributed by atoms with Gasteiger partial charge in [0.15, 0.2) is 0 Å².